The largest absolute Gasteiger partial charge is 0.355 e. The van der Waals surface area contributed by atoms with Crippen LogP contribution in [-0.4, -0.2) is 22.0 Å². The summed E-state index contributed by atoms with van der Waals surface area (Å²) in [6, 6.07) is 5.95. The molecule has 0 spiro atoms. The van der Waals surface area contributed by atoms with E-state index in [1.165, 1.54) is 6.92 Å². The lowest BCUT2D eigenvalue weighted by atomic mass is 10.3. The molecule has 4 nitrogen and oxygen atoms in total. The summed E-state index contributed by atoms with van der Waals surface area (Å²) < 4.78 is 3.65. The third-order valence-corrected chi connectivity index (χ3v) is 3.26. The number of rotatable bonds is 3. The first kappa shape index (κ1) is 12.3. The molecule has 0 bridgehead atoms. The lowest BCUT2D eigenvalue weighted by molar-refractivity contribution is -0.118. The van der Waals surface area contributed by atoms with Gasteiger partial charge in [-0.15, -0.1) is 0 Å². The van der Waals surface area contributed by atoms with Crippen LogP contribution in [0.2, 0.25) is 0 Å². The Morgan fingerprint density at radius 1 is 1.59 bits per heavy atom. The van der Waals surface area contributed by atoms with Crippen LogP contribution >= 0.6 is 28.1 Å². The maximum atomic E-state index is 10.8. The number of nitrogens with zero attached hydrogens (tertiary/aromatic N) is 1. The molecule has 0 aliphatic heterocycles. The number of H-pyrrole nitrogens is 1. The van der Waals surface area contributed by atoms with Crippen LogP contribution in [0, 0.1) is 4.77 Å². The summed E-state index contributed by atoms with van der Waals surface area (Å²) in [7, 11) is 0. The van der Waals surface area contributed by atoms with Gasteiger partial charge in [-0.1, -0.05) is 15.9 Å². The zero-order valence-electron chi connectivity index (χ0n) is 9.29. The minimum atomic E-state index is -0.0301. The molecule has 90 valence electrons. The van der Waals surface area contributed by atoms with Crippen molar-refractivity contribution in [2.24, 2.45) is 0 Å². The Kier molecular flexibility index (Phi) is 3.63. The Labute approximate surface area is 112 Å². The van der Waals surface area contributed by atoms with Crippen LogP contribution in [0.4, 0.5) is 0 Å². The van der Waals surface area contributed by atoms with Crippen molar-refractivity contribution in [3.8, 4) is 0 Å². The van der Waals surface area contributed by atoms with Crippen molar-refractivity contribution >= 4 is 45.1 Å². The van der Waals surface area contributed by atoms with Crippen LogP contribution in [0.3, 0.4) is 0 Å². The van der Waals surface area contributed by atoms with Crippen molar-refractivity contribution in [2.75, 3.05) is 6.54 Å². The number of hydrogen-bond donors (Lipinski definition) is 2. The zero-order valence-corrected chi connectivity index (χ0v) is 11.7. The van der Waals surface area contributed by atoms with Crippen molar-refractivity contribution < 1.29 is 4.79 Å². The van der Waals surface area contributed by atoms with E-state index in [1.807, 2.05) is 22.8 Å². The van der Waals surface area contributed by atoms with E-state index in [0.717, 1.165) is 15.5 Å². The number of aromatic amines is 1. The molecular formula is C11H12BrN3OS. The van der Waals surface area contributed by atoms with Gasteiger partial charge in [-0.05, 0) is 30.4 Å². The number of amides is 1. The Balaban J connectivity index is 2.32. The van der Waals surface area contributed by atoms with Crippen LogP contribution in [-0.2, 0) is 11.3 Å². The van der Waals surface area contributed by atoms with E-state index in [1.54, 1.807) is 0 Å². The molecule has 1 amide bonds. The van der Waals surface area contributed by atoms with Crippen molar-refractivity contribution in [2.45, 2.75) is 13.5 Å². The lowest BCUT2D eigenvalue weighted by Crippen LogP contribution is -2.24. The number of carbonyl (C=O) groups is 1. The van der Waals surface area contributed by atoms with Gasteiger partial charge in [0.05, 0.1) is 11.0 Å². The number of carbonyl (C=O) groups excluding carboxylic acids is 1. The molecule has 2 aromatic rings. The molecule has 2 N–H and O–H groups in total. The first-order chi connectivity index (χ1) is 8.08. The van der Waals surface area contributed by atoms with Gasteiger partial charge in [0.15, 0.2) is 4.77 Å². The molecule has 6 heteroatoms. The van der Waals surface area contributed by atoms with Crippen molar-refractivity contribution in [3.63, 3.8) is 0 Å². The summed E-state index contributed by atoms with van der Waals surface area (Å²) in [6.45, 7) is 2.74. The monoisotopic (exact) mass is 313 g/mol. The highest BCUT2D eigenvalue weighted by Crippen LogP contribution is 2.19. The summed E-state index contributed by atoms with van der Waals surface area (Å²) in [5.41, 5.74) is 2.04. The summed E-state index contributed by atoms with van der Waals surface area (Å²) in [6.07, 6.45) is 0. The number of hydrogen-bond acceptors (Lipinski definition) is 2. The van der Waals surface area contributed by atoms with Gasteiger partial charge in [-0.3, -0.25) is 4.79 Å². The van der Waals surface area contributed by atoms with E-state index < -0.39 is 0 Å². The fourth-order valence-electron chi connectivity index (χ4n) is 1.69. The van der Waals surface area contributed by atoms with Crippen molar-refractivity contribution in [1.82, 2.24) is 14.9 Å². The zero-order chi connectivity index (χ0) is 12.4. The number of halogens is 1. The van der Waals surface area contributed by atoms with E-state index in [0.29, 0.717) is 17.9 Å². The van der Waals surface area contributed by atoms with E-state index in [4.69, 9.17) is 12.2 Å². The molecule has 1 aromatic heterocycles. The van der Waals surface area contributed by atoms with Gasteiger partial charge in [-0.2, -0.15) is 0 Å². The summed E-state index contributed by atoms with van der Waals surface area (Å²) in [5.74, 6) is -0.0301. The van der Waals surface area contributed by atoms with Crippen molar-refractivity contribution in [1.29, 1.82) is 0 Å². The molecule has 0 aliphatic carbocycles. The first-order valence-corrected chi connectivity index (χ1v) is 6.40. The second kappa shape index (κ2) is 5.01. The third kappa shape index (κ3) is 2.76. The molecule has 0 atom stereocenters. The SMILES string of the molecule is CC(=O)NCCn1c(=S)[nH]c2ccc(Br)cc21. The van der Waals surface area contributed by atoms with E-state index in [-0.39, 0.29) is 5.91 Å². The third-order valence-electron chi connectivity index (χ3n) is 2.45. The number of nitrogens with one attached hydrogen (secondary N) is 2. The Morgan fingerprint density at radius 2 is 2.35 bits per heavy atom. The van der Waals surface area contributed by atoms with Gasteiger partial charge >= 0.3 is 0 Å². The molecule has 0 fully saturated rings. The topological polar surface area (TPSA) is 49.8 Å². The summed E-state index contributed by atoms with van der Waals surface area (Å²) in [5, 5.41) is 2.76. The van der Waals surface area contributed by atoms with Gasteiger partial charge in [0.2, 0.25) is 5.91 Å². The Bertz CT molecular complexity index is 617. The minimum absolute atomic E-state index is 0.0301. The van der Waals surface area contributed by atoms with E-state index in [2.05, 4.69) is 26.2 Å². The van der Waals surface area contributed by atoms with Gasteiger partial charge in [0.1, 0.15) is 0 Å². The van der Waals surface area contributed by atoms with E-state index >= 15 is 0 Å². The molecule has 0 saturated heterocycles. The lowest BCUT2D eigenvalue weighted by Gasteiger charge is -2.05. The van der Waals surface area contributed by atoms with Crippen LogP contribution in [0.1, 0.15) is 6.92 Å². The number of benzene rings is 1. The smallest absolute Gasteiger partial charge is 0.216 e. The highest BCUT2D eigenvalue weighted by Gasteiger charge is 2.04. The van der Waals surface area contributed by atoms with Crippen LogP contribution in [0.15, 0.2) is 22.7 Å². The molecule has 2 rings (SSSR count). The summed E-state index contributed by atoms with van der Waals surface area (Å²) >= 11 is 8.69. The molecular weight excluding hydrogens is 302 g/mol. The normalized spacial score (nSPS) is 10.7. The fourth-order valence-corrected chi connectivity index (χ4v) is 2.34. The predicted molar refractivity (Wildman–Crippen MR) is 73.5 cm³/mol. The predicted octanol–water partition coefficient (Wildman–Crippen LogP) is 2.60. The van der Waals surface area contributed by atoms with Crippen LogP contribution in [0.25, 0.3) is 11.0 Å². The number of fused-ring (bicyclic) bond motifs is 1. The molecule has 0 unspecified atom stereocenters. The second-order valence-corrected chi connectivity index (χ2v) is 5.03. The maximum absolute atomic E-state index is 10.8. The van der Waals surface area contributed by atoms with Crippen LogP contribution < -0.4 is 5.32 Å². The highest BCUT2D eigenvalue weighted by atomic mass is 79.9. The quantitative estimate of drug-likeness (QED) is 0.856. The maximum Gasteiger partial charge on any atom is 0.216 e. The Morgan fingerprint density at radius 3 is 3.06 bits per heavy atom. The average molecular weight is 314 g/mol. The standard InChI is InChI=1S/C11H12BrN3OS/c1-7(16)13-4-5-15-10-6-8(12)2-3-9(10)14-11(15)17/h2-3,6H,4-5H2,1H3,(H,13,16)(H,14,17). The van der Waals surface area contributed by atoms with Crippen molar-refractivity contribution in [3.05, 3.63) is 27.4 Å². The molecule has 0 aliphatic rings. The van der Waals surface area contributed by atoms with E-state index in [9.17, 15) is 4.79 Å². The highest BCUT2D eigenvalue weighted by molar-refractivity contribution is 9.10. The molecule has 1 aromatic carbocycles. The Hall–Kier alpha value is -1.14. The summed E-state index contributed by atoms with van der Waals surface area (Å²) in [4.78, 5) is 13.9. The molecule has 0 saturated carbocycles. The van der Waals surface area contributed by atoms with Gasteiger partial charge in [0.25, 0.3) is 0 Å². The fraction of sp³-hybridized carbons (Fsp3) is 0.273. The van der Waals surface area contributed by atoms with Gasteiger partial charge in [-0.25, -0.2) is 0 Å². The molecule has 17 heavy (non-hydrogen) atoms. The number of aromatic nitrogens is 2. The number of imidazole rings is 1. The van der Waals surface area contributed by atoms with Gasteiger partial charge < -0.3 is 14.9 Å². The minimum Gasteiger partial charge on any atom is -0.355 e. The average Bonchev–Trinajstić information content (AvgIpc) is 2.55. The van der Waals surface area contributed by atoms with Gasteiger partial charge in [0, 0.05) is 24.5 Å². The van der Waals surface area contributed by atoms with Crippen LogP contribution in [0.5, 0.6) is 0 Å². The second-order valence-electron chi connectivity index (χ2n) is 3.73. The molecule has 1 heterocycles. The molecule has 0 radical (unpaired) electrons. The first-order valence-electron chi connectivity index (χ1n) is 5.20.